The summed E-state index contributed by atoms with van der Waals surface area (Å²) in [5.74, 6) is 0.962. The monoisotopic (exact) mass is 322 g/mol. The Labute approximate surface area is 134 Å². The van der Waals surface area contributed by atoms with Gasteiger partial charge in [0, 0.05) is 5.69 Å². The second-order valence-electron chi connectivity index (χ2n) is 4.21. The minimum Gasteiger partial charge on any atom is -0.462 e. The second-order valence-corrected chi connectivity index (χ2v) is 6.15. The molecule has 1 N–H and O–H groups in total. The number of rotatable bonds is 6. The lowest BCUT2D eigenvalue weighted by atomic mass is 10.3. The Bertz CT molecular complexity index is 583. The number of hydrogen-bond donors (Lipinski definition) is 1. The summed E-state index contributed by atoms with van der Waals surface area (Å²) in [6.45, 7) is 4.74. The number of thioether (sulfide) groups is 1. The maximum Gasteiger partial charge on any atom is 0.335 e. The number of nitrogens with zero attached hydrogens (tertiary/aromatic N) is 3. The summed E-state index contributed by atoms with van der Waals surface area (Å²) in [4.78, 5) is 4.12. The molecule has 2 aromatic rings. The third-order valence-electron chi connectivity index (χ3n) is 2.56. The minimum atomic E-state index is 0.402. The van der Waals surface area contributed by atoms with E-state index < -0.39 is 0 Å². The second kappa shape index (κ2) is 7.99. The van der Waals surface area contributed by atoms with Gasteiger partial charge >= 0.3 is 6.01 Å². The van der Waals surface area contributed by atoms with Gasteiger partial charge in [0.1, 0.15) is 10.6 Å². The number of anilines is 1. The topological polar surface area (TPSA) is 52.0 Å². The minimum absolute atomic E-state index is 0.402. The van der Waals surface area contributed by atoms with E-state index in [-0.39, 0.29) is 0 Å². The largest absolute Gasteiger partial charge is 0.462 e. The molecule has 0 unspecified atom stereocenters. The van der Waals surface area contributed by atoms with E-state index in [4.69, 9.17) is 17.0 Å². The molecule has 7 heteroatoms. The number of aromatic nitrogens is 3. The van der Waals surface area contributed by atoms with Crippen LogP contribution in [0.2, 0.25) is 0 Å². The molecule has 112 valence electrons. The molecular formula is C14H18N4OS2. The number of nitrogens with one attached hydrogen (secondary N) is 1. The van der Waals surface area contributed by atoms with Crippen LogP contribution in [0, 0.1) is 0 Å². The molecule has 0 atom stereocenters. The van der Waals surface area contributed by atoms with E-state index in [2.05, 4.69) is 22.3 Å². The van der Waals surface area contributed by atoms with E-state index in [9.17, 15) is 0 Å². The van der Waals surface area contributed by atoms with Crippen molar-refractivity contribution in [2.45, 2.75) is 20.3 Å². The van der Waals surface area contributed by atoms with E-state index in [1.807, 2.05) is 31.2 Å². The van der Waals surface area contributed by atoms with Crippen LogP contribution in [0.25, 0.3) is 5.69 Å². The van der Waals surface area contributed by atoms with E-state index in [1.165, 1.54) is 0 Å². The molecule has 0 saturated heterocycles. The fraction of sp³-hybridized carbons (Fsp3) is 0.357. The van der Waals surface area contributed by atoms with Crippen molar-refractivity contribution in [3.63, 3.8) is 0 Å². The van der Waals surface area contributed by atoms with Crippen LogP contribution in [0.5, 0.6) is 6.01 Å². The molecule has 0 bridgehead atoms. The van der Waals surface area contributed by atoms with Crippen molar-refractivity contribution in [2.75, 3.05) is 17.7 Å². The van der Waals surface area contributed by atoms with Gasteiger partial charge in [0.25, 0.3) is 0 Å². The van der Waals surface area contributed by atoms with Gasteiger partial charge in [-0.05, 0) is 36.4 Å². The summed E-state index contributed by atoms with van der Waals surface area (Å²) in [7, 11) is 0. The number of thiocarbonyl (C=S) groups is 1. The van der Waals surface area contributed by atoms with Gasteiger partial charge in [-0.1, -0.05) is 37.8 Å². The van der Waals surface area contributed by atoms with Gasteiger partial charge in [-0.25, -0.2) is 4.68 Å². The quantitative estimate of drug-likeness (QED) is 0.822. The lowest BCUT2D eigenvalue weighted by molar-refractivity contribution is 0.292. The van der Waals surface area contributed by atoms with Crippen LogP contribution in [0.3, 0.4) is 0 Å². The predicted molar refractivity (Wildman–Crippen MR) is 91.5 cm³/mol. The Hall–Kier alpha value is -1.60. The Morgan fingerprint density at radius 3 is 2.76 bits per heavy atom. The Morgan fingerprint density at radius 2 is 2.10 bits per heavy atom. The first-order valence-corrected chi connectivity index (χ1v) is 8.21. The summed E-state index contributed by atoms with van der Waals surface area (Å²) in [5, 5.41) is 7.45. The van der Waals surface area contributed by atoms with E-state index in [0.29, 0.717) is 12.6 Å². The maximum atomic E-state index is 5.39. The van der Waals surface area contributed by atoms with Crippen molar-refractivity contribution in [3.05, 3.63) is 30.6 Å². The highest BCUT2D eigenvalue weighted by atomic mass is 32.2. The first kappa shape index (κ1) is 15.8. The van der Waals surface area contributed by atoms with Crippen molar-refractivity contribution in [2.24, 2.45) is 0 Å². The zero-order valence-corrected chi connectivity index (χ0v) is 13.7. The first-order chi connectivity index (χ1) is 10.2. The molecule has 0 aliphatic carbocycles. The van der Waals surface area contributed by atoms with Crippen LogP contribution in [-0.4, -0.2) is 31.4 Å². The van der Waals surface area contributed by atoms with Crippen molar-refractivity contribution < 1.29 is 4.74 Å². The predicted octanol–water partition coefficient (Wildman–Crippen LogP) is 3.51. The highest BCUT2D eigenvalue weighted by Crippen LogP contribution is 2.16. The molecular weight excluding hydrogens is 304 g/mol. The molecule has 0 saturated carbocycles. The van der Waals surface area contributed by atoms with Crippen LogP contribution < -0.4 is 10.1 Å². The van der Waals surface area contributed by atoms with E-state index in [1.54, 1.807) is 22.8 Å². The van der Waals surface area contributed by atoms with Crippen molar-refractivity contribution in [3.8, 4) is 11.7 Å². The molecule has 0 amide bonds. The van der Waals surface area contributed by atoms with Crippen LogP contribution in [0.1, 0.15) is 20.3 Å². The van der Waals surface area contributed by atoms with Gasteiger partial charge in [-0.2, -0.15) is 4.98 Å². The smallest absolute Gasteiger partial charge is 0.335 e. The maximum absolute atomic E-state index is 5.39. The average Bonchev–Trinajstić information content (AvgIpc) is 2.95. The molecule has 1 heterocycles. The lowest BCUT2D eigenvalue weighted by Gasteiger charge is -2.07. The molecule has 1 aromatic carbocycles. The van der Waals surface area contributed by atoms with Crippen molar-refractivity contribution in [1.82, 2.24) is 14.8 Å². The van der Waals surface area contributed by atoms with Crippen LogP contribution in [-0.2, 0) is 0 Å². The molecule has 5 nitrogen and oxygen atoms in total. The summed E-state index contributed by atoms with van der Waals surface area (Å²) in [5.41, 5.74) is 1.89. The van der Waals surface area contributed by atoms with Gasteiger partial charge in [-0.3, -0.25) is 0 Å². The zero-order valence-electron chi connectivity index (χ0n) is 12.1. The molecule has 21 heavy (non-hydrogen) atoms. The normalized spacial score (nSPS) is 10.4. The van der Waals surface area contributed by atoms with Crippen LogP contribution >= 0.6 is 24.0 Å². The fourth-order valence-electron chi connectivity index (χ4n) is 1.61. The molecule has 0 aliphatic rings. The van der Waals surface area contributed by atoms with Gasteiger partial charge in [0.2, 0.25) is 0 Å². The third-order valence-corrected chi connectivity index (χ3v) is 3.67. The zero-order chi connectivity index (χ0) is 15.1. The Morgan fingerprint density at radius 1 is 1.33 bits per heavy atom. The number of benzene rings is 1. The van der Waals surface area contributed by atoms with E-state index >= 15 is 0 Å². The SMILES string of the molecule is CCCOc1ncn(-c2ccc(NC(=S)SCC)cc2)n1. The highest BCUT2D eigenvalue weighted by molar-refractivity contribution is 8.23. The summed E-state index contributed by atoms with van der Waals surface area (Å²) in [6, 6.07) is 8.25. The highest BCUT2D eigenvalue weighted by Gasteiger charge is 2.04. The summed E-state index contributed by atoms with van der Waals surface area (Å²) in [6.07, 6.45) is 2.58. The molecule has 0 radical (unpaired) electrons. The number of ether oxygens (including phenoxy) is 1. The van der Waals surface area contributed by atoms with Crippen LogP contribution in [0.4, 0.5) is 5.69 Å². The fourth-order valence-corrected chi connectivity index (χ4v) is 2.54. The number of hydrogen-bond acceptors (Lipinski definition) is 5. The molecule has 0 aliphatic heterocycles. The van der Waals surface area contributed by atoms with Crippen molar-refractivity contribution in [1.29, 1.82) is 0 Å². The summed E-state index contributed by atoms with van der Waals surface area (Å²) >= 11 is 6.83. The third kappa shape index (κ3) is 4.71. The molecule has 0 spiro atoms. The molecule has 0 fully saturated rings. The lowest BCUT2D eigenvalue weighted by Crippen LogP contribution is -2.05. The van der Waals surface area contributed by atoms with Gasteiger partial charge in [0.15, 0.2) is 0 Å². The van der Waals surface area contributed by atoms with E-state index in [0.717, 1.165) is 27.9 Å². The van der Waals surface area contributed by atoms with Gasteiger partial charge < -0.3 is 10.1 Å². The van der Waals surface area contributed by atoms with Gasteiger partial charge in [-0.15, -0.1) is 5.10 Å². The average molecular weight is 322 g/mol. The molecule has 1 aromatic heterocycles. The Balaban J connectivity index is 2.01. The van der Waals surface area contributed by atoms with Crippen LogP contribution in [0.15, 0.2) is 30.6 Å². The van der Waals surface area contributed by atoms with Crippen molar-refractivity contribution >= 4 is 34.0 Å². The summed E-state index contributed by atoms with van der Waals surface area (Å²) < 4.78 is 7.85. The Kier molecular flexibility index (Phi) is 6.01. The first-order valence-electron chi connectivity index (χ1n) is 6.81. The van der Waals surface area contributed by atoms with Gasteiger partial charge in [0.05, 0.1) is 12.3 Å². The standard InChI is InChI=1S/C14H18N4OS2/c1-3-9-19-13-15-10-18(17-13)12-7-5-11(6-8-12)16-14(20)21-4-2/h5-8,10H,3-4,9H2,1-2H3,(H,16,20). The molecule has 2 rings (SSSR count).